The molecular formula is C14H26N4O. The second kappa shape index (κ2) is 7.28. The Morgan fingerprint density at radius 3 is 2.47 bits per heavy atom. The van der Waals surface area contributed by atoms with E-state index in [0.717, 1.165) is 24.6 Å². The summed E-state index contributed by atoms with van der Waals surface area (Å²) in [6, 6.07) is 1.91. The van der Waals surface area contributed by atoms with Crippen molar-refractivity contribution in [2.24, 2.45) is 5.41 Å². The van der Waals surface area contributed by atoms with Crippen LogP contribution in [0.1, 0.15) is 39.9 Å². The van der Waals surface area contributed by atoms with Crippen LogP contribution in [-0.4, -0.2) is 30.2 Å². The van der Waals surface area contributed by atoms with Crippen LogP contribution in [0.2, 0.25) is 0 Å². The second-order valence-corrected chi connectivity index (χ2v) is 5.68. The number of ether oxygens (including phenoxy) is 1. The highest BCUT2D eigenvalue weighted by Gasteiger charge is 2.10. The van der Waals surface area contributed by atoms with Crippen molar-refractivity contribution in [3.8, 4) is 0 Å². The standard InChI is InChI=1S/C14H26N4O/c1-6-19-10-13-17-11(15-5)9-12(18-13)16-8-7-14(2,3)4/h9H,6-8,10H2,1-5H3,(H2,15,16,17,18). The number of nitrogens with zero attached hydrogens (tertiary/aromatic N) is 2. The van der Waals surface area contributed by atoms with Gasteiger partial charge in [0.15, 0.2) is 5.82 Å². The van der Waals surface area contributed by atoms with Gasteiger partial charge in [-0.3, -0.25) is 0 Å². The minimum atomic E-state index is 0.319. The van der Waals surface area contributed by atoms with Crippen molar-refractivity contribution in [1.82, 2.24) is 9.97 Å². The molecule has 0 fully saturated rings. The minimum absolute atomic E-state index is 0.319. The molecule has 0 aliphatic heterocycles. The predicted molar refractivity (Wildman–Crippen MR) is 79.5 cm³/mol. The summed E-state index contributed by atoms with van der Waals surface area (Å²) in [5.74, 6) is 2.35. The lowest BCUT2D eigenvalue weighted by Crippen LogP contribution is -2.14. The van der Waals surface area contributed by atoms with E-state index in [0.29, 0.717) is 24.5 Å². The summed E-state index contributed by atoms with van der Waals surface area (Å²) in [5, 5.41) is 6.39. The average Bonchev–Trinajstić information content (AvgIpc) is 2.34. The number of hydrogen-bond donors (Lipinski definition) is 2. The fourth-order valence-corrected chi connectivity index (χ4v) is 1.54. The Hall–Kier alpha value is -1.36. The second-order valence-electron chi connectivity index (χ2n) is 5.68. The van der Waals surface area contributed by atoms with Gasteiger partial charge in [0.25, 0.3) is 0 Å². The largest absolute Gasteiger partial charge is 0.374 e. The van der Waals surface area contributed by atoms with Crippen LogP contribution < -0.4 is 10.6 Å². The van der Waals surface area contributed by atoms with E-state index in [1.807, 2.05) is 20.0 Å². The topological polar surface area (TPSA) is 59.1 Å². The summed E-state index contributed by atoms with van der Waals surface area (Å²) in [7, 11) is 1.85. The van der Waals surface area contributed by atoms with Crippen LogP contribution in [0.5, 0.6) is 0 Å². The highest BCUT2D eigenvalue weighted by molar-refractivity contribution is 5.47. The number of hydrogen-bond acceptors (Lipinski definition) is 5. The molecule has 19 heavy (non-hydrogen) atoms. The average molecular weight is 266 g/mol. The summed E-state index contributed by atoms with van der Waals surface area (Å²) >= 11 is 0. The molecule has 1 rings (SSSR count). The summed E-state index contributed by atoms with van der Waals surface area (Å²) in [4.78, 5) is 8.81. The monoisotopic (exact) mass is 266 g/mol. The minimum Gasteiger partial charge on any atom is -0.374 e. The molecule has 0 radical (unpaired) electrons. The maximum absolute atomic E-state index is 5.35. The third-order valence-corrected chi connectivity index (χ3v) is 2.64. The lowest BCUT2D eigenvalue weighted by molar-refractivity contribution is 0.128. The number of aromatic nitrogens is 2. The van der Waals surface area contributed by atoms with Crippen LogP contribution in [-0.2, 0) is 11.3 Å². The van der Waals surface area contributed by atoms with Crippen LogP contribution >= 0.6 is 0 Å². The van der Waals surface area contributed by atoms with Crippen LogP contribution in [0.15, 0.2) is 6.07 Å². The van der Waals surface area contributed by atoms with Gasteiger partial charge in [0, 0.05) is 26.3 Å². The molecule has 0 amide bonds. The molecule has 108 valence electrons. The van der Waals surface area contributed by atoms with Gasteiger partial charge < -0.3 is 15.4 Å². The Balaban J connectivity index is 2.65. The number of rotatable bonds is 7. The first-order valence-electron chi connectivity index (χ1n) is 6.82. The Kier molecular flexibility index (Phi) is 6.02. The van der Waals surface area contributed by atoms with Gasteiger partial charge in [-0.1, -0.05) is 20.8 Å². The summed E-state index contributed by atoms with van der Waals surface area (Å²) in [6.07, 6.45) is 1.09. The summed E-state index contributed by atoms with van der Waals surface area (Å²) < 4.78 is 5.35. The molecule has 2 N–H and O–H groups in total. The molecule has 0 unspecified atom stereocenters. The maximum Gasteiger partial charge on any atom is 0.158 e. The molecule has 0 aliphatic rings. The van der Waals surface area contributed by atoms with Gasteiger partial charge in [0.2, 0.25) is 0 Å². The van der Waals surface area contributed by atoms with Crippen molar-refractivity contribution in [3.05, 3.63) is 11.9 Å². The van der Waals surface area contributed by atoms with Gasteiger partial charge in [-0.2, -0.15) is 0 Å². The molecule has 0 saturated carbocycles. The van der Waals surface area contributed by atoms with E-state index in [9.17, 15) is 0 Å². The molecule has 1 aromatic rings. The first kappa shape index (κ1) is 15.7. The number of anilines is 2. The van der Waals surface area contributed by atoms with Crippen LogP contribution in [0.25, 0.3) is 0 Å². The normalized spacial score (nSPS) is 11.4. The fraction of sp³-hybridized carbons (Fsp3) is 0.714. The van der Waals surface area contributed by atoms with Gasteiger partial charge in [-0.05, 0) is 18.8 Å². The van der Waals surface area contributed by atoms with Gasteiger partial charge in [-0.25, -0.2) is 9.97 Å². The smallest absolute Gasteiger partial charge is 0.158 e. The van der Waals surface area contributed by atoms with Gasteiger partial charge in [0.1, 0.15) is 18.2 Å². The van der Waals surface area contributed by atoms with E-state index in [1.165, 1.54) is 0 Å². The van der Waals surface area contributed by atoms with Gasteiger partial charge >= 0.3 is 0 Å². The van der Waals surface area contributed by atoms with Crippen molar-refractivity contribution in [3.63, 3.8) is 0 Å². The van der Waals surface area contributed by atoms with Crippen LogP contribution in [0.3, 0.4) is 0 Å². The summed E-state index contributed by atoms with van der Waals surface area (Å²) in [5.41, 5.74) is 0.319. The molecule has 5 heteroatoms. The first-order chi connectivity index (χ1) is 8.94. The molecular weight excluding hydrogens is 240 g/mol. The van der Waals surface area contributed by atoms with Crippen molar-refractivity contribution >= 4 is 11.6 Å². The maximum atomic E-state index is 5.35. The molecule has 1 heterocycles. The third kappa shape index (κ3) is 6.38. The molecule has 0 aromatic carbocycles. The number of nitrogens with one attached hydrogen (secondary N) is 2. The zero-order valence-corrected chi connectivity index (χ0v) is 12.7. The Labute approximate surface area is 116 Å². The lowest BCUT2D eigenvalue weighted by Gasteiger charge is -2.18. The SMILES string of the molecule is CCOCc1nc(NC)cc(NCCC(C)(C)C)n1. The Morgan fingerprint density at radius 1 is 1.21 bits per heavy atom. The van der Waals surface area contributed by atoms with Gasteiger partial charge in [0.05, 0.1) is 0 Å². The van der Waals surface area contributed by atoms with Crippen molar-refractivity contribution < 1.29 is 4.74 Å². The van der Waals surface area contributed by atoms with Crippen molar-refractivity contribution in [1.29, 1.82) is 0 Å². The van der Waals surface area contributed by atoms with Crippen molar-refractivity contribution in [2.75, 3.05) is 30.8 Å². The molecule has 0 spiro atoms. The molecule has 0 aliphatic carbocycles. The van der Waals surface area contributed by atoms with Gasteiger partial charge in [-0.15, -0.1) is 0 Å². The molecule has 0 atom stereocenters. The quantitative estimate of drug-likeness (QED) is 0.794. The van der Waals surface area contributed by atoms with Crippen molar-refractivity contribution in [2.45, 2.75) is 40.7 Å². The van der Waals surface area contributed by atoms with E-state index in [4.69, 9.17) is 4.74 Å². The van der Waals surface area contributed by atoms with E-state index in [1.54, 1.807) is 0 Å². The van der Waals surface area contributed by atoms with E-state index in [2.05, 4.69) is 41.4 Å². The highest BCUT2D eigenvalue weighted by Crippen LogP contribution is 2.19. The Morgan fingerprint density at radius 2 is 1.89 bits per heavy atom. The molecule has 5 nitrogen and oxygen atoms in total. The zero-order chi connectivity index (χ0) is 14.3. The van der Waals surface area contributed by atoms with Crippen LogP contribution in [0.4, 0.5) is 11.6 Å². The highest BCUT2D eigenvalue weighted by atomic mass is 16.5. The molecule has 0 saturated heterocycles. The zero-order valence-electron chi connectivity index (χ0n) is 12.7. The lowest BCUT2D eigenvalue weighted by atomic mass is 9.92. The third-order valence-electron chi connectivity index (χ3n) is 2.64. The summed E-state index contributed by atoms with van der Waals surface area (Å²) in [6.45, 7) is 10.7. The molecule has 1 aromatic heterocycles. The molecule has 0 bridgehead atoms. The van der Waals surface area contributed by atoms with E-state index >= 15 is 0 Å². The van der Waals surface area contributed by atoms with E-state index in [-0.39, 0.29) is 0 Å². The predicted octanol–water partition coefficient (Wildman–Crippen LogP) is 2.90. The van der Waals surface area contributed by atoms with E-state index < -0.39 is 0 Å². The first-order valence-corrected chi connectivity index (χ1v) is 6.82. The van der Waals surface area contributed by atoms with Crippen LogP contribution in [0, 0.1) is 5.41 Å². The fourth-order valence-electron chi connectivity index (χ4n) is 1.54. The Bertz CT molecular complexity index is 388.